The van der Waals surface area contributed by atoms with Crippen molar-refractivity contribution in [2.24, 2.45) is 0 Å². The van der Waals surface area contributed by atoms with E-state index >= 15 is 0 Å². The SMILES string of the molecule is C1=Cc2cc3ccc(cc4nc(cc5ccc(cc1n2)[nH]5)C=C4)[nH]3.[OH][Fe]([OH])([OH])[OH]. The Morgan fingerprint density at radius 1 is 0.517 bits per heavy atom. The predicted molar refractivity (Wildman–Crippen MR) is 108 cm³/mol. The molecule has 0 radical (unpaired) electrons. The van der Waals surface area contributed by atoms with Gasteiger partial charge in [-0.15, -0.1) is 0 Å². The molecule has 0 fully saturated rings. The average Bonchev–Trinajstić information content (AvgIpc) is 3.38. The van der Waals surface area contributed by atoms with Crippen molar-refractivity contribution in [3.8, 4) is 0 Å². The molecule has 0 atom stereocenters. The van der Waals surface area contributed by atoms with Crippen molar-refractivity contribution in [2.75, 3.05) is 0 Å². The summed E-state index contributed by atoms with van der Waals surface area (Å²) >= 11 is -4.50. The first kappa shape index (κ1) is 19.3. The second kappa shape index (κ2) is 7.76. The van der Waals surface area contributed by atoms with Crippen LogP contribution in [0.25, 0.3) is 46.4 Å². The molecular formula is C20H18FeN4O4. The van der Waals surface area contributed by atoms with E-state index in [0.717, 1.165) is 44.8 Å². The Kier molecular flexibility index (Phi) is 5.16. The van der Waals surface area contributed by atoms with E-state index in [-0.39, 0.29) is 0 Å². The van der Waals surface area contributed by atoms with Crippen LogP contribution < -0.4 is 0 Å². The molecule has 0 saturated carbocycles. The fourth-order valence-electron chi connectivity index (χ4n) is 2.94. The van der Waals surface area contributed by atoms with Gasteiger partial charge in [-0.3, -0.25) is 0 Å². The van der Waals surface area contributed by atoms with Crippen LogP contribution in [0.4, 0.5) is 0 Å². The molecule has 0 saturated heterocycles. The Bertz CT molecular complexity index is 1090. The number of H-pyrrole nitrogens is 2. The molecule has 2 aliphatic heterocycles. The van der Waals surface area contributed by atoms with E-state index in [2.05, 4.69) is 44.2 Å². The fourth-order valence-corrected chi connectivity index (χ4v) is 2.94. The van der Waals surface area contributed by atoms with E-state index in [1.54, 1.807) is 0 Å². The van der Waals surface area contributed by atoms with Gasteiger partial charge in [0, 0.05) is 22.1 Å². The second-order valence-corrected chi connectivity index (χ2v) is 7.65. The van der Waals surface area contributed by atoms with Gasteiger partial charge in [-0.05, 0) is 72.8 Å². The van der Waals surface area contributed by atoms with E-state index in [4.69, 9.17) is 16.8 Å². The molecule has 3 aromatic heterocycles. The first-order valence-corrected chi connectivity index (χ1v) is 10.5. The predicted octanol–water partition coefficient (Wildman–Crippen LogP) is 2.43. The number of hydrogen-bond donors (Lipinski definition) is 6. The maximum atomic E-state index is 7.31. The Morgan fingerprint density at radius 3 is 1.00 bits per heavy atom. The molecule has 0 unspecified atom stereocenters. The number of nitrogens with one attached hydrogen (secondary N) is 2. The number of hydrogen-bond acceptors (Lipinski definition) is 6. The van der Waals surface area contributed by atoms with Gasteiger partial charge >= 0.3 is 30.9 Å². The number of nitrogens with zero attached hydrogens (tertiary/aromatic N) is 2. The average molecular weight is 434 g/mol. The number of rotatable bonds is 0. The molecule has 29 heavy (non-hydrogen) atoms. The van der Waals surface area contributed by atoms with Crippen LogP contribution >= 0.6 is 0 Å². The van der Waals surface area contributed by atoms with Crippen molar-refractivity contribution in [1.82, 2.24) is 19.9 Å². The summed E-state index contributed by atoms with van der Waals surface area (Å²) in [5.41, 5.74) is 7.86. The van der Waals surface area contributed by atoms with Gasteiger partial charge in [0.25, 0.3) is 0 Å². The van der Waals surface area contributed by atoms with Gasteiger partial charge in [0.15, 0.2) is 0 Å². The Labute approximate surface area is 168 Å². The minimum atomic E-state index is -4.50. The Hall–Kier alpha value is -3.04. The first-order valence-electron chi connectivity index (χ1n) is 8.48. The second-order valence-electron chi connectivity index (χ2n) is 6.33. The Balaban J connectivity index is 0.000000369. The molecule has 8 bridgehead atoms. The maximum absolute atomic E-state index is 7.31. The van der Waals surface area contributed by atoms with E-state index in [1.807, 2.05) is 48.6 Å². The van der Waals surface area contributed by atoms with Crippen molar-refractivity contribution in [3.05, 3.63) is 71.3 Å². The fraction of sp³-hybridized carbons (Fsp3) is 0. The van der Waals surface area contributed by atoms with E-state index in [1.165, 1.54) is 0 Å². The first-order chi connectivity index (χ1) is 13.8. The monoisotopic (exact) mass is 434 g/mol. The van der Waals surface area contributed by atoms with Crippen LogP contribution in [0, 0.1) is 0 Å². The van der Waals surface area contributed by atoms with Gasteiger partial charge in [-0.1, -0.05) is 0 Å². The van der Waals surface area contributed by atoms with Crippen LogP contribution in [0.5, 0.6) is 0 Å². The zero-order chi connectivity index (χ0) is 20.4. The number of aromatic nitrogens is 4. The zero-order valence-electron chi connectivity index (χ0n) is 15.0. The van der Waals surface area contributed by atoms with E-state index in [9.17, 15) is 0 Å². The summed E-state index contributed by atoms with van der Waals surface area (Å²) in [6, 6.07) is 16.4. The molecule has 9 heteroatoms. The normalized spacial score (nSPS) is 13.1. The molecule has 150 valence electrons. The third kappa shape index (κ3) is 5.49. The summed E-state index contributed by atoms with van der Waals surface area (Å²) in [6.45, 7) is 0. The summed E-state index contributed by atoms with van der Waals surface area (Å²) in [5, 5.41) is 0. The third-order valence-electron chi connectivity index (χ3n) is 4.04. The summed E-state index contributed by atoms with van der Waals surface area (Å²) in [7, 11) is 0. The third-order valence-corrected chi connectivity index (χ3v) is 4.04. The summed E-state index contributed by atoms with van der Waals surface area (Å²) in [6.07, 6.45) is 8.09. The molecular weight excluding hydrogens is 416 g/mol. The van der Waals surface area contributed by atoms with Crippen LogP contribution in [-0.4, -0.2) is 36.7 Å². The van der Waals surface area contributed by atoms with Gasteiger partial charge in [0.05, 0.1) is 22.8 Å². The van der Waals surface area contributed by atoms with E-state index in [0.29, 0.717) is 0 Å². The van der Waals surface area contributed by atoms with Crippen molar-refractivity contribution < 1.29 is 30.9 Å². The molecule has 2 aliphatic rings. The number of aromatic amines is 2. The van der Waals surface area contributed by atoms with Crippen LogP contribution in [0.2, 0.25) is 0 Å². The van der Waals surface area contributed by atoms with Gasteiger partial charge in [-0.25, -0.2) is 9.97 Å². The topological polar surface area (TPSA) is 138 Å². The summed E-state index contributed by atoms with van der Waals surface area (Å²) in [4.78, 5) is 16.0. The van der Waals surface area contributed by atoms with Gasteiger partial charge in [0.2, 0.25) is 0 Å². The summed E-state index contributed by atoms with van der Waals surface area (Å²) < 4.78 is 29.2. The standard InChI is InChI=1S/C20H14N4.Fe.4H2O/c1-2-14-10-16-5-6-18(23-16)12-20-8-7-19(24-20)11-17-4-3-15(22-17)9-13(1)21-14;;;;;/h1-12,21,24H;;4*1H2/q;+4;;;;/p-4. The molecule has 0 spiro atoms. The molecule has 0 aliphatic carbocycles. The van der Waals surface area contributed by atoms with Crippen LogP contribution in [0.3, 0.4) is 0 Å². The molecule has 8 nitrogen and oxygen atoms in total. The minimum absolute atomic E-state index is 0.939. The molecule has 6 N–H and O–H groups in total. The summed E-state index contributed by atoms with van der Waals surface area (Å²) in [5.74, 6) is 0. The van der Waals surface area contributed by atoms with Crippen molar-refractivity contribution >= 4 is 46.4 Å². The van der Waals surface area contributed by atoms with Crippen molar-refractivity contribution in [3.63, 3.8) is 0 Å². The quantitative estimate of drug-likeness (QED) is 0.207. The van der Waals surface area contributed by atoms with Crippen molar-refractivity contribution in [1.29, 1.82) is 0 Å². The molecule has 3 aromatic rings. The van der Waals surface area contributed by atoms with E-state index < -0.39 is 14.2 Å². The molecule has 0 amide bonds. The van der Waals surface area contributed by atoms with Crippen LogP contribution in [0.1, 0.15) is 22.8 Å². The van der Waals surface area contributed by atoms with Crippen molar-refractivity contribution in [2.45, 2.75) is 0 Å². The molecule has 0 aromatic carbocycles. The van der Waals surface area contributed by atoms with Gasteiger partial charge in [0.1, 0.15) is 0 Å². The molecule has 5 rings (SSSR count). The van der Waals surface area contributed by atoms with Crippen LogP contribution in [0.15, 0.2) is 48.5 Å². The Morgan fingerprint density at radius 2 is 0.759 bits per heavy atom. The van der Waals surface area contributed by atoms with Gasteiger partial charge in [-0.2, -0.15) is 0 Å². The zero-order valence-corrected chi connectivity index (χ0v) is 16.1. The molecule has 5 heterocycles. The van der Waals surface area contributed by atoms with Gasteiger partial charge < -0.3 is 9.97 Å². The number of fused-ring (bicyclic) bond motifs is 8. The van der Waals surface area contributed by atoms with Crippen LogP contribution in [-0.2, 0) is 14.2 Å².